The number of carbonyl (C=O) groups is 1. The highest BCUT2D eigenvalue weighted by Crippen LogP contribution is 2.34. The predicted octanol–water partition coefficient (Wildman–Crippen LogP) is 1.57. The van der Waals surface area contributed by atoms with Gasteiger partial charge in [-0.2, -0.15) is 0 Å². The molecule has 2 aromatic heterocycles. The van der Waals surface area contributed by atoms with Gasteiger partial charge in [0, 0.05) is 24.9 Å². The van der Waals surface area contributed by atoms with E-state index in [1.807, 2.05) is 22.4 Å². The van der Waals surface area contributed by atoms with E-state index in [-0.39, 0.29) is 24.0 Å². The maximum absolute atomic E-state index is 12.4. The number of amides is 1. The molecule has 0 saturated carbocycles. The molecule has 2 fully saturated rings. The predicted molar refractivity (Wildman–Crippen MR) is 88.0 cm³/mol. The Balaban J connectivity index is 1.69. The lowest BCUT2D eigenvalue weighted by atomic mass is 9.91. The Bertz CT molecular complexity index is 777. The molecular weight excluding hydrogens is 362 g/mol. The second-order valence-corrected chi connectivity index (χ2v) is 6.94. The van der Waals surface area contributed by atoms with Crippen molar-refractivity contribution in [2.45, 2.75) is 37.8 Å². The average Bonchev–Trinajstić information content (AvgIpc) is 2.89. The van der Waals surface area contributed by atoms with E-state index in [0.29, 0.717) is 23.6 Å². The largest absolute Gasteiger partial charge is 0.382 e. The lowest BCUT2D eigenvalue weighted by Gasteiger charge is -2.43. The van der Waals surface area contributed by atoms with Crippen LogP contribution in [0.25, 0.3) is 5.52 Å². The molecule has 4 rings (SSSR count). The van der Waals surface area contributed by atoms with Gasteiger partial charge in [0.1, 0.15) is 22.0 Å². The Morgan fingerprint density at radius 3 is 3.09 bits per heavy atom. The summed E-state index contributed by atoms with van der Waals surface area (Å²) in [5.74, 6) is 1.63. The maximum atomic E-state index is 12.4. The average molecular weight is 380 g/mol. The number of rotatable bonds is 1. The van der Waals surface area contributed by atoms with E-state index >= 15 is 0 Å². The molecule has 1 amide bonds. The molecular formula is C15H18BrN5O2. The molecule has 8 heteroatoms. The number of ether oxygens (including phenoxy) is 1. The number of anilines is 1. The minimum atomic E-state index is -0.353. The van der Waals surface area contributed by atoms with E-state index in [1.54, 1.807) is 6.20 Å². The van der Waals surface area contributed by atoms with Crippen molar-refractivity contribution in [1.82, 2.24) is 19.3 Å². The fraction of sp³-hybridized carbons (Fsp3) is 0.533. The van der Waals surface area contributed by atoms with Crippen LogP contribution in [0.2, 0.25) is 0 Å². The summed E-state index contributed by atoms with van der Waals surface area (Å²) in [6.45, 7) is 3.11. The molecule has 4 heterocycles. The van der Waals surface area contributed by atoms with Gasteiger partial charge >= 0.3 is 0 Å². The third-order valence-electron chi connectivity index (χ3n) is 4.81. The van der Waals surface area contributed by atoms with Gasteiger partial charge in [-0.3, -0.25) is 9.20 Å². The van der Waals surface area contributed by atoms with Crippen LogP contribution >= 0.6 is 15.9 Å². The molecule has 122 valence electrons. The molecule has 2 N–H and O–H groups in total. The van der Waals surface area contributed by atoms with Crippen molar-refractivity contribution in [3.63, 3.8) is 0 Å². The summed E-state index contributed by atoms with van der Waals surface area (Å²) >= 11 is 3.47. The van der Waals surface area contributed by atoms with Crippen LogP contribution in [0.15, 0.2) is 17.0 Å². The molecule has 2 saturated heterocycles. The van der Waals surface area contributed by atoms with E-state index in [9.17, 15) is 4.79 Å². The quantitative estimate of drug-likeness (QED) is 0.812. The monoisotopic (exact) mass is 379 g/mol. The highest BCUT2D eigenvalue weighted by Gasteiger charge is 2.39. The van der Waals surface area contributed by atoms with E-state index in [4.69, 9.17) is 10.5 Å². The number of morpholine rings is 1. The standard InChI is InChI=1S/C15H18BrN5O2/c1-8-15(22)21-6-9(2-3-10(21)7-23-8)14-19-12(16)11-13(17)18-4-5-20(11)14/h4-5,8-10H,2-3,6-7H2,1H3,(H2,17,18)/t8-,9-,10+/m1/s1. The molecule has 2 aromatic rings. The van der Waals surface area contributed by atoms with Crippen molar-refractivity contribution < 1.29 is 9.53 Å². The highest BCUT2D eigenvalue weighted by molar-refractivity contribution is 9.10. The third-order valence-corrected chi connectivity index (χ3v) is 5.36. The number of carbonyl (C=O) groups excluding carboxylic acids is 1. The summed E-state index contributed by atoms with van der Waals surface area (Å²) in [7, 11) is 0. The fourth-order valence-corrected chi connectivity index (χ4v) is 4.15. The second-order valence-electron chi connectivity index (χ2n) is 6.19. The van der Waals surface area contributed by atoms with Crippen molar-refractivity contribution >= 4 is 33.2 Å². The fourth-order valence-electron chi connectivity index (χ4n) is 3.57. The number of imidazole rings is 1. The summed E-state index contributed by atoms with van der Waals surface area (Å²) in [5, 5.41) is 0. The maximum Gasteiger partial charge on any atom is 0.251 e. The zero-order valence-corrected chi connectivity index (χ0v) is 14.4. The molecule has 3 atom stereocenters. The van der Waals surface area contributed by atoms with Crippen molar-refractivity contribution in [2.75, 3.05) is 18.9 Å². The van der Waals surface area contributed by atoms with Crippen LogP contribution in [0.3, 0.4) is 0 Å². The number of halogens is 1. The van der Waals surface area contributed by atoms with Gasteiger partial charge in [0.2, 0.25) is 0 Å². The molecule has 0 bridgehead atoms. The first-order valence-corrected chi connectivity index (χ1v) is 8.55. The summed E-state index contributed by atoms with van der Waals surface area (Å²) < 4.78 is 8.22. The molecule has 0 radical (unpaired) electrons. The van der Waals surface area contributed by atoms with Gasteiger partial charge in [-0.1, -0.05) is 0 Å². The highest BCUT2D eigenvalue weighted by atomic mass is 79.9. The second kappa shape index (κ2) is 5.45. The Labute approximate surface area is 142 Å². The van der Waals surface area contributed by atoms with Crippen LogP contribution in [0.1, 0.15) is 31.5 Å². The van der Waals surface area contributed by atoms with Gasteiger partial charge in [-0.25, -0.2) is 9.97 Å². The van der Waals surface area contributed by atoms with Gasteiger partial charge in [-0.05, 0) is 35.7 Å². The number of piperidine rings is 1. The minimum absolute atomic E-state index is 0.0760. The number of fused-ring (bicyclic) bond motifs is 2. The number of nitrogens with two attached hydrogens (primary N) is 1. The number of hydrogen-bond acceptors (Lipinski definition) is 5. The lowest BCUT2D eigenvalue weighted by molar-refractivity contribution is -0.160. The smallest absolute Gasteiger partial charge is 0.251 e. The number of aromatic nitrogens is 3. The Kier molecular flexibility index (Phi) is 3.53. The number of nitrogen functional groups attached to an aromatic ring is 1. The Morgan fingerprint density at radius 2 is 2.26 bits per heavy atom. The number of hydrogen-bond donors (Lipinski definition) is 1. The zero-order valence-electron chi connectivity index (χ0n) is 12.8. The molecule has 2 aliphatic rings. The molecule has 0 spiro atoms. The van der Waals surface area contributed by atoms with Crippen LogP contribution in [0.5, 0.6) is 0 Å². The van der Waals surface area contributed by atoms with Crippen molar-refractivity contribution in [3.8, 4) is 0 Å². The third kappa shape index (κ3) is 2.31. The molecule has 7 nitrogen and oxygen atoms in total. The number of nitrogens with zero attached hydrogens (tertiary/aromatic N) is 4. The van der Waals surface area contributed by atoms with E-state index in [1.165, 1.54) is 0 Å². The van der Waals surface area contributed by atoms with Crippen LogP contribution in [-0.2, 0) is 9.53 Å². The van der Waals surface area contributed by atoms with Crippen molar-refractivity contribution in [2.24, 2.45) is 0 Å². The Hall–Kier alpha value is -1.67. The molecule has 0 aromatic carbocycles. The minimum Gasteiger partial charge on any atom is -0.382 e. The first-order valence-electron chi connectivity index (χ1n) is 7.76. The van der Waals surface area contributed by atoms with Crippen LogP contribution in [0, 0.1) is 0 Å². The van der Waals surface area contributed by atoms with Crippen LogP contribution in [0.4, 0.5) is 5.82 Å². The molecule has 0 aliphatic carbocycles. The molecule has 2 aliphatic heterocycles. The van der Waals surface area contributed by atoms with Gasteiger partial charge in [0.25, 0.3) is 5.91 Å². The lowest BCUT2D eigenvalue weighted by Crippen LogP contribution is -2.56. The van der Waals surface area contributed by atoms with Gasteiger partial charge in [-0.15, -0.1) is 0 Å². The Morgan fingerprint density at radius 1 is 1.43 bits per heavy atom. The van der Waals surface area contributed by atoms with E-state index in [2.05, 4.69) is 25.9 Å². The van der Waals surface area contributed by atoms with Crippen molar-refractivity contribution in [1.29, 1.82) is 0 Å². The topological polar surface area (TPSA) is 85.8 Å². The van der Waals surface area contributed by atoms with Crippen LogP contribution < -0.4 is 5.73 Å². The van der Waals surface area contributed by atoms with Gasteiger partial charge in [0.05, 0.1) is 12.6 Å². The molecule has 23 heavy (non-hydrogen) atoms. The molecule has 0 unspecified atom stereocenters. The normalized spacial score (nSPS) is 28.2. The van der Waals surface area contributed by atoms with E-state index in [0.717, 1.165) is 24.2 Å². The summed E-state index contributed by atoms with van der Waals surface area (Å²) in [4.78, 5) is 23.1. The summed E-state index contributed by atoms with van der Waals surface area (Å²) in [6.07, 6.45) is 5.09. The zero-order chi connectivity index (χ0) is 16.1. The van der Waals surface area contributed by atoms with Crippen molar-refractivity contribution in [3.05, 3.63) is 22.8 Å². The summed E-state index contributed by atoms with van der Waals surface area (Å²) in [5.41, 5.74) is 6.75. The van der Waals surface area contributed by atoms with Gasteiger partial charge < -0.3 is 15.4 Å². The SMILES string of the molecule is C[C@H]1OC[C@@H]2CC[C@@H](c3nc(Br)c4c(N)nccn34)CN2C1=O. The summed E-state index contributed by atoms with van der Waals surface area (Å²) in [6, 6.07) is 0.191. The van der Waals surface area contributed by atoms with Crippen LogP contribution in [-0.4, -0.2) is 50.5 Å². The van der Waals surface area contributed by atoms with Gasteiger partial charge in [0.15, 0.2) is 5.82 Å². The first-order chi connectivity index (χ1) is 11.1. The first kappa shape index (κ1) is 14.9. The van der Waals surface area contributed by atoms with E-state index < -0.39 is 0 Å².